The third kappa shape index (κ3) is 4.25. The fourth-order valence-electron chi connectivity index (χ4n) is 3.86. The molecule has 3 aromatic carbocycles. The number of nitrogens with one attached hydrogen (secondary N) is 3. The molecule has 5 N–H and O–H groups in total. The molecule has 0 bridgehead atoms. The van der Waals surface area contributed by atoms with Crippen LogP contribution in [-0.4, -0.2) is 17.7 Å². The molecule has 0 unspecified atom stereocenters. The average molecular weight is 414 g/mol. The van der Waals surface area contributed by atoms with Crippen LogP contribution in [0.3, 0.4) is 0 Å². The Morgan fingerprint density at radius 3 is 2.65 bits per heavy atom. The van der Waals surface area contributed by atoms with Crippen molar-refractivity contribution in [2.45, 2.75) is 13.0 Å². The lowest BCUT2D eigenvalue weighted by Crippen LogP contribution is -2.17. The highest BCUT2D eigenvalue weighted by molar-refractivity contribution is 6.13. The fourth-order valence-corrected chi connectivity index (χ4v) is 3.86. The van der Waals surface area contributed by atoms with Crippen LogP contribution in [0.4, 0.5) is 4.39 Å². The predicted octanol–water partition coefficient (Wildman–Crippen LogP) is 4.10. The van der Waals surface area contributed by atoms with Crippen molar-refractivity contribution >= 4 is 33.3 Å². The molecule has 0 atom stereocenters. The second kappa shape index (κ2) is 8.93. The number of allylic oxidation sites excluding steroid dienone is 1. The molecular formula is C25H23FN4O. The first kappa shape index (κ1) is 20.5. The van der Waals surface area contributed by atoms with Gasteiger partial charge in [-0.2, -0.15) is 0 Å². The van der Waals surface area contributed by atoms with Gasteiger partial charge in [0.2, 0.25) is 0 Å². The van der Waals surface area contributed by atoms with Crippen molar-refractivity contribution in [2.24, 2.45) is 5.73 Å². The van der Waals surface area contributed by atoms with Crippen LogP contribution in [0.5, 0.6) is 0 Å². The van der Waals surface area contributed by atoms with E-state index in [1.807, 2.05) is 24.3 Å². The number of rotatable bonds is 7. The van der Waals surface area contributed by atoms with Crippen molar-refractivity contribution in [1.82, 2.24) is 10.3 Å². The van der Waals surface area contributed by atoms with E-state index in [2.05, 4.69) is 16.4 Å². The Bertz CT molecular complexity index is 1340. The van der Waals surface area contributed by atoms with Crippen LogP contribution in [0, 0.1) is 11.2 Å². The van der Waals surface area contributed by atoms with Gasteiger partial charge in [0, 0.05) is 30.7 Å². The van der Waals surface area contributed by atoms with Crippen LogP contribution in [0.25, 0.3) is 27.1 Å². The van der Waals surface area contributed by atoms with Gasteiger partial charge in [0.25, 0.3) is 5.56 Å². The Hall–Kier alpha value is -3.77. The Balaban J connectivity index is 1.68. The van der Waals surface area contributed by atoms with Crippen molar-refractivity contribution < 1.29 is 4.39 Å². The lowest BCUT2D eigenvalue weighted by atomic mass is 9.93. The summed E-state index contributed by atoms with van der Waals surface area (Å²) in [5.41, 5.74) is 9.04. The smallest absolute Gasteiger partial charge is 0.256 e. The van der Waals surface area contributed by atoms with E-state index in [4.69, 9.17) is 11.1 Å². The van der Waals surface area contributed by atoms with E-state index in [1.54, 1.807) is 18.3 Å². The van der Waals surface area contributed by atoms with Crippen LogP contribution in [0.2, 0.25) is 0 Å². The third-order valence-corrected chi connectivity index (χ3v) is 5.44. The van der Waals surface area contributed by atoms with Crippen molar-refractivity contribution in [1.29, 1.82) is 5.41 Å². The first-order valence-corrected chi connectivity index (χ1v) is 10.1. The Morgan fingerprint density at radius 1 is 1.10 bits per heavy atom. The van der Waals surface area contributed by atoms with E-state index < -0.39 is 0 Å². The molecule has 0 saturated heterocycles. The molecule has 0 aliphatic rings. The van der Waals surface area contributed by atoms with Gasteiger partial charge in [-0.25, -0.2) is 4.39 Å². The van der Waals surface area contributed by atoms with Crippen LogP contribution < -0.4 is 16.6 Å². The summed E-state index contributed by atoms with van der Waals surface area (Å²) in [5.74, 6) is -0.239. The van der Waals surface area contributed by atoms with E-state index in [0.717, 1.165) is 45.8 Å². The number of halogens is 1. The minimum Gasteiger partial charge on any atom is -0.404 e. The molecule has 1 heterocycles. The SMILES string of the molecule is N=C/C(=C\N)c1ccc2c(CCNCc3ccc(F)cc3)cc3cc[nH]c(=O)c3c2c1. The summed E-state index contributed by atoms with van der Waals surface area (Å²) >= 11 is 0. The number of pyridine rings is 1. The van der Waals surface area contributed by atoms with E-state index in [0.29, 0.717) is 17.5 Å². The highest BCUT2D eigenvalue weighted by Gasteiger charge is 2.11. The van der Waals surface area contributed by atoms with E-state index >= 15 is 0 Å². The van der Waals surface area contributed by atoms with E-state index in [1.165, 1.54) is 24.5 Å². The maximum atomic E-state index is 13.1. The van der Waals surface area contributed by atoms with Gasteiger partial charge in [-0.15, -0.1) is 0 Å². The van der Waals surface area contributed by atoms with Crippen molar-refractivity contribution in [3.05, 3.63) is 99.9 Å². The number of hydrogen-bond donors (Lipinski definition) is 4. The largest absolute Gasteiger partial charge is 0.404 e. The molecule has 0 radical (unpaired) electrons. The van der Waals surface area contributed by atoms with Crippen LogP contribution in [0.15, 0.2) is 71.8 Å². The number of benzene rings is 3. The number of fused-ring (bicyclic) bond motifs is 3. The molecule has 0 spiro atoms. The zero-order valence-corrected chi connectivity index (χ0v) is 16.9. The molecule has 4 aromatic rings. The molecule has 31 heavy (non-hydrogen) atoms. The molecule has 156 valence electrons. The topological polar surface area (TPSA) is 94.8 Å². The quantitative estimate of drug-likeness (QED) is 0.208. The summed E-state index contributed by atoms with van der Waals surface area (Å²) < 4.78 is 13.1. The highest BCUT2D eigenvalue weighted by atomic mass is 19.1. The van der Waals surface area contributed by atoms with Gasteiger partial charge in [-0.1, -0.05) is 30.3 Å². The van der Waals surface area contributed by atoms with Crippen LogP contribution in [0.1, 0.15) is 16.7 Å². The Morgan fingerprint density at radius 2 is 1.90 bits per heavy atom. The zero-order chi connectivity index (χ0) is 21.8. The number of aromatic nitrogens is 1. The number of nitrogens with two attached hydrogens (primary N) is 1. The molecule has 1 aromatic heterocycles. The van der Waals surface area contributed by atoms with E-state index in [-0.39, 0.29) is 11.4 Å². The minimum absolute atomic E-state index is 0.145. The molecular weight excluding hydrogens is 391 g/mol. The average Bonchev–Trinajstić information content (AvgIpc) is 2.78. The second-order valence-corrected chi connectivity index (χ2v) is 7.39. The summed E-state index contributed by atoms with van der Waals surface area (Å²) in [5, 5.41) is 14.3. The Labute approximate surface area is 178 Å². The molecule has 0 aliphatic heterocycles. The number of H-pyrrole nitrogens is 1. The van der Waals surface area contributed by atoms with Crippen LogP contribution >= 0.6 is 0 Å². The lowest BCUT2D eigenvalue weighted by Gasteiger charge is -2.13. The van der Waals surface area contributed by atoms with Gasteiger partial charge in [0.15, 0.2) is 0 Å². The molecule has 0 amide bonds. The Kier molecular flexibility index (Phi) is 5.91. The second-order valence-electron chi connectivity index (χ2n) is 7.39. The summed E-state index contributed by atoms with van der Waals surface area (Å²) in [6.07, 6.45) is 5.02. The molecule has 4 rings (SSSR count). The molecule has 0 fully saturated rings. The first-order chi connectivity index (χ1) is 15.1. The van der Waals surface area contributed by atoms with Gasteiger partial charge in [0.05, 0.1) is 5.39 Å². The highest BCUT2D eigenvalue weighted by Crippen LogP contribution is 2.29. The minimum atomic E-state index is -0.239. The number of hydrogen-bond acceptors (Lipinski definition) is 4. The van der Waals surface area contributed by atoms with Crippen molar-refractivity contribution in [3.8, 4) is 0 Å². The van der Waals surface area contributed by atoms with Gasteiger partial charge < -0.3 is 21.4 Å². The molecule has 0 saturated carbocycles. The maximum Gasteiger partial charge on any atom is 0.256 e. The predicted molar refractivity (Wildman–Crippen MR) is 125 cm³/mol. The molecule has 0 aliphatic carbocycles. The molecule has 6 heteroatoms. The van der Waals surface area contributed by atoms with Gasteiger partial charge in [0.1, 0.15) is 5.82 Å². The summed E-state index contributed by atoms with van der Waals surface area (Å²) in [6.45, 7) is 1.39. The van der Waals surface area contributed by atoms with Gasteiger partial charge >= 0.3 is 0 Å². The zero-order valence-electron chi connectivity index (χ0n) is 16.9. The summed E-state index contributed by atoms with van der Waals surface area (Å²) in [4.78, 5) is 15.3. The van der Waals surface area contributed by atoms with Gasteiger partial charge in [-0.3, -0.25) is 4.79 Å². The molecule has 5 nitrogen and oxygen atoms in total. The number of aromatic amines is 1. The van der Waals surface area contributed by atoms with Crippen molar-refractivity contribution in [3.63, 3.8) is 0 Å². The van der Waals surface area contributed by atoms with Crippen LogP contribution in [-0.2, 0) is 13.0 Å². The fraction of sp³-hybridized carbons (Fsp3) is 0.120. The van der Waals surface area contributed by atoms with Gasteiger partial charge in [-0.05, 0) is 70.1 Å². The van der Waals surface area contributed by atoms with E-state index in [9.17, 15) is 9.18 Å². The maximum absolute atomic E-state index is 13.1. The monoisotopic (exact) mass is 414 g/mol. The standard InChI is InChI=1S/C25H23FN4O/c26-21-4-1-16(2-5-21)15-29-9-7-18-11-19-8-10-30-25(31)24(19)23-12-17(3-6-22(18)23)20(13-27)14-28/h1-6,8,10-14,27,29H,7,9,15,28H2,(H,30,31)/b20-14+,27-13?. The normalized spacial score (nSPS) is 11.8. The summed E-state index contributed by atoms with van der Waals surface area (Å²) in [6, 6.07) is 16.2. The first-order valence-electron chi connectivity index (χ1n) is 10.1. The van der Waals surface area contributed by atoms with Crippen molar-refractivity contribution in [2.75, 3.05) is 6.54 Å². The third-order valence-electron chi connectivity index (χ3n) is 5.44. The summed E-state index contributed by atoms with van der Waals surface area (Å²) in [7, 11) is 0. The lowest BCUT2D eigenvalue weighted by molar-refractivity contribution is 0.625.